The van der Waals surface area contributed by atoms with Crippen LogP contribution in [-0.4, -0.2) is 19.1 Å². The van der Waals surface area contributed by atoms with E-state index in [1.54, 1.807) is 0 Å². The SMILES string of the molecule is C=C[C@H](N)C(=O)OC.Cl. The van der Waals surface area contributed by atoms with E-state index < -0.39 is 12.0 Å². The van der Waals surface area contributed by atoms with E-state index in [-0.39, 0.29) is 12.4 Å². The number of hydrogen-bond donors (Lipinski definition) is 1. The second-order valence-corrected chi connectivity index (χ2v) is 1.28. The Labute approximate surface area is 60.3 Å². The average molecular weight is 152 g/mol. The number of rotatable bonds is 2. The molecule has 0 amide bonds. The summed E-state index contributed by atoms with van der Waals surface area (Å²) >= 11 is 0. The first-order valence-electron chi connectivity index (χ1n) is 2.18. The highest BCUT2D eigenvalue weighted by Crippen LogP contribution is 1.81. The molecule has 0 rings (SSSR count). The van der Waals surface area contributed by atoms with Crippen LogP contribution in [0.4, 0.5) is 0 Å². The molecule has 0 spiro atoms. The van der Waals surface area contributed by atoms with Gasteiger partial charge in [0.1, 0.15) is 6.04 Å². The van der Waals surface area contributed by atoms with Crippen molar-refractivity contribution >= 4 is 18.4 Å². The normalized spacial score (nSPS) is 10.9. The van der Waals surface area contributed by atoms with Gasteiger partial charge in [-0.15, -0.1) is 19.0 Å². The molecule has 54 valence electrons. The molecule has 0 aliphatic rings. The molecule has 0 radical (unpaired) electrons. The van der Waals surface area contributed by atoms with Gasteiger partial charge in [0.15, 0.2) is 0 Å². The third-order valence-electron chi connectivity index (χ3n) is 0.727. The predicted molar refractivity (Wildman–Crippen MR) is 37.4 cm³/mol. The van der Waals surface area contributed by atoms with Crippen LogP contribution < -0.4 is 5.73 Å². The van der Waals surface area contributed by atoms with Gasteiger partial charge in [0.05, 0.1) is 7.11 Å². The monoisotopic (exact) mass is 151 g/mol. The minimum absolute atomic E-state index is 0. The Morgan fingerprint density at radius 2 is 2.33 bits per heavy atom. The molecule has 0 saturated carbocycles. The fraction of sp³-hybridized carbons (Fsp3) is 0.400. The molecule has 0 aliphatic heterocycles. The standard InChI is InChI=1S/C5H9NO2.ClH/c1-3-4(6)5(7)8-2;/h3-4H,1,6H2,2H3;1H/t4-;/m0./s1. The van der Waals surface area contributed by atoms with Crippen molar-refractivity contribution < 1.29 is 9.53 Å². The van der Waals surface area contributed by atoms with E-state index in [1.165, 1.54) is 13.2 Å². The fourth-order valence-corrected chi connectivity index (χ4v) is 0.232. The second-order valence-electron chi connectivity index (χ2n) is 1.28. The summed E-state index contributed by atoms with van der Waals surface area (Å²) in [5.74, 6) is -0.458. The fourth-order valence-electron chi connectivity index (χ4n) is 0.232. The Kier molecular flexibility index (Phi) is 7.01. The molecule has 0 aliphatic carbocycles. The van der Waals surface area contributed by atoms with Crippen LogP contribution in [0.3, 0.4) is 0 Å². The van der Waals surface area contributed by atoms with E-state index in [9.17, 15) is 4.79 Å². The summed E-state index contributed by atoms with van der Waals surface area (Å²) in [7, 11) is 1.28. The zero-order valence-electron chi connectivity index (χ0n) is 5.16. The van der Waals surface area contributed by atoms with E-state index in [4.69, 9.17) is 5.73 Å². The highest BCUT2D eigenvalue weighted by molar-refractivity contribution is 5.85. The molecule has 0 heterocycles. The molecule has 0 saturated heterocycles. The smallest absolute Gasteiger partial charge is 0.326 e. The zero-order valence-corrected chi connectivity index (χ0v) is 5.98. The molecule has 4 heteroatoms. The number of nitrogens with two attached hydrogens (primary N) is 1. The van der Waals surface area contributed by atoms with Crippen LogP contribution in [0.5, 0.6) is 0 Å². The maximum Gasteiger partial charge on any atom is 0.326 e. The first-order valence-corrected chi connectivity index (χ1v) is 2.18. The molecular formula is C5H10ClNO2. The average Bonchev–Trinajstić information content (AvgIpc) is 1.84. The summed E-state index contributed by atoms with van der Waals surface area (Å²) in [4.78, 5) is 10.3. The molecule has 2 N–H and O–H groups in total. The van der Waals surface area contributed by atoms with Gasteiger partial charge in [-0.3, -0.25) is 4.79 Å². The topological polar surface area (TPSA) is 52.3 Å². The lowest BCUT2D eigenvalue weighted by molar-refractivity contribution is -0.140. The molecule has 1 atom stereocenters. The van der Waals surface area contributed by atoms with Gasteiger partial charge in [-0.1, -0.05) is 6.08 Å². The lowest BCUT2D eigenvalue weighted by Gasteiger charge is -2.00. The van der Waals surface area contributed by atoms with Crippen LogP contribution in [-0.2, 0) is 9.53 Å². The molecule has 0 fully saturated rings. The van der Waals surface area contributed by atoms with Crippen molar-refractivity contribution in [3.05, 3.63) is 12.7 Å². The van der Waals surface area contributed by atoms with Gasteiger partial charge in [0.2, 0.25) is 0 Å². The van der Waals surface area contributed by atoms with Crippen LogP contribution in [0.1, 0.15) is 0 Å². The largest absolute Gasteiger partial charge is 0.468 e. The number of methoxy groups -OCH3 is 1. The highest BCUT2D eigenvalue weighted by Gasteiger charge is 2.06. The maximum atomic E-state index is 10.3. The van der Waals surface area contributed by atoms with Gasteiger partial charge in [-0.05, 0) is 0 Å². The number of carbonyl (C=O) groups is 1. The Hall–Kier alpha value is -0.540. The van der Waals surface area contributed by atoms with Gasteiger partial charge < -0.3 is 10.5 Å². The van der Waals surface area contributed by atoms with Gasteiger partial charge in [0.25, 0.3) is 0 Å². The van der Waals surface area contributed by atoms with Gasteiger partial charge in [0, 0.05) is 0 Å². The summed E-state index contributed by atoms with van der Waals surface area (Å²) in [6.45, 7) is 3.30. The van der Waals surface area contributed by atoms with Crippen LogP contribution in [0.25, 0.3) is 0 Å². The van der Waals surface area contributed by atoms with Crippen LogP contribution in [0, 0.1) is 0 Å². The number of halogens is 1. The van der Waals surface area contributed by atoms with Crippen LogP contribution in [0.15, 0.2) is 12.7 Å². The second kappa shape index (κ2) is 5.59. The van der Waals surface area contributed by atoms with Crippen molar-refractivity contribution in [1.82, 2.24) is 0 Å². The van der Waals surface area contributed by atoms with E-state index in [2.05, 4.69) is 11.3 Å². The molecular weight excluding hydrogens is 142 g/mol. The van der Waals surface area contributed by atoms with Crippen molar-refractivity contribution in [2.24, 2.45) is 5.73 Å². The Morgan fingerprint density at radius 3 is 2.44 bits per heavy atom. The highest BCUT2D eigenvalue weighted by atomic mass is 35.5. The summed E-state index contributed by atoms with van der Waals surface area (Å²) in [5.41, 5.74) is 5.13. The third-order valence-corrected chi connectivity index (χ3v) is 0.727. The zero-order chi connectivity index (χ0) is 6.57. The van der Waals surface area contributed by atoms with E-state index >= 15 is 0 Å². The Bertz CT molecular complexity index is 105. The molecule has 0 unspecified atom stereocenters. The van der Waals surface area contributed by atoms with E-state index in [0.717, 1.165) is 0 Å². The summed E-state index contributed by atoms with van der Waals surface area (Å²) < 4.78 is 4.27. The first-order chi connectivity index (χ1) is 3.72. The van der Waals surface area contributed by atoms with Crippen molar-refractivity contribution in [3.8, 4) is 0 Å². The summed E-state index contributed by atoms with van der Waals surface area (Å²) in [6, 6.07) is -0.681. The minimum atomic E-state index is -0.681. The predicted octanol–water partition coefficient (Wildman–Crippen LogP) is 0.0945. The number of esters is 1. The molecule has 9 heavy (non-hydrogen) atoms. The summed E-state index contributed by atoms with van der Waals surface area (Å²) in [5, 5.41) is 0. The van der Waals surface area contributed by atoms with Crippen LogP contribution >= 0.6 is 12.4 Å². The Morgan fingerprint density at radius 1 is 1.89 bits per heavy atom. The number of carbonyl (C=O) groups excluding carboxylic acids is 1. The lowest BCUT2D eigenvalue weighted by atomic mass is 10.3. The van der Waals surface area contributed by atoms with E-state index in [1.807, 2.05) is 0 Å². The summed E-state index contributed by atoms with van der Waals surface area (Å²) in [6.07, 6.45) is 1.33. The molecule has 0 aromatic rings. The van der Waals surface area contributed by atoms with Crippen LogP contribution in [0.2, 0.25) is 0 Å². The molecule has 0 aromatic carbocycles. The van der Waals surface area contributed by atoms with Gasteiger partial charge in [-0.2, -0.15) is 0 Å². The van der Waals surface area contributed by atoms with Crippen molar-refractivity contribution in [1.29, 1.82) is 0 Å². The maximum absolute atomic E-state index is 10.3. The minimum Gasteiger partial charge on any atom is -0.468 e. The number of hydrogen-bond acceptors (Lipinski definition) is 3. The third kappa shape index (κ3) is 4.00. The lowest BCUT2D eigenvalue weighted by Crippen LogP contribution is -2.28. The quantitative estimate of drug-likeness (QED) is 0.450. The van der Waals surface area contributed by atoms with Crippen molar-refractivity contribution in [2.45, 2.75) is 6.04 Å². The molecule has 0 bridgehead atoms. The number of ether oxygens (including phenoxy) is 1. The van der Waals surface area contributed by atoms with Crippen molar-refractivity contribution in [3.63, 3.8) is 0 Å². The van der Waals surface area contributed by atoms with Gasteiger partial charge in [-0.25, -0.2) is 0 Å². The van der Waals surface area contributed by atoms with Crippen molar-refractivity contribution in [2.75, 3.05) is 7.11 Å². The molecule has 3 nitrogen and oxygen atoms in total. The Balaban J connectivity index is 0. The first kappa shape index (κ1) is 11.3. The molecule has 0 aromatic heterocycles. The van der Waals surface area contributed by atoms with Gasteiger partial charge >= 0.3 is 5.97 Å². The van der Waals surface area contributed by atoms with E-state index in [0.29, 0.717) is 0 Å².